The lowest BCUT2D eigenvalue weighted by Crippen LogP contribution is -2.50. The standard InChI is InChI=1S/C26H26ClFN2O4/c1-17-2-4-18(5-3-17)24-16-29(26(33)21-8-6-19(28)14-25(21)32)10-11-30(24)23-9-7-20(15-22(23)27)34-13-12-31/h2-9,14-15,24,31-32H,10-13,16H2,1H3/t24-/m0/s1. The number of anilines is 1. The summed E-state index contributed by atoms with van der Waals surface area (Å²) < 4.78 is 18.9. The average Bonchev–Trinajstić information content (AvgIpc) is 2.83. The number of aromatic hydroxyl groups is 1. The van der Waals surface area contributed by atoms with Gasteiger partial charge in [-0.15, -0.1) is 0 Å². The van der Waals surface area contributed by atoms with Gasteiger partial charge >= 0.3 is 0 Å². The predicted molar refractivity (Wildman–Crippen MR) is 129 cm³/mol. The quantitative estimate of drug-likeness (QED) is 0.536. The van der Waals surface area contributed by atoms with Crippen molar-refractivity contribution >= 4 is 23.2 Å². The molecular weight excluding hydrogens is 459 g/mol. The lowest BCUT2D eigenvalue weighted by atomic mass is 9.99. The minimum absolute atomic E-state index is 0.0703. The number of halogens is 2. The van der Waals surface area contributed by atoms with Crippen molar-refractivity contribution in [2.75, 3.05) is 37.7 Å². The second kappa shape index (κ2) is 10.3. The molecule has 8 heteroatoms. The Balaban J connectivity index is 1.64. The van der Waals surface area contributed by atoms with Crippen LogP contribution in [-0.2, 0) is 0 Å². The number of nitrogens with zero attached hydrogens (tertiary/aromatic N) is 2. The summed E-state index contributed by atoms with van der Waals surface area (Å²) in [4.78, 5) is 17.0. The third kappa shape index (κ3) is 5.11. The smallest absolute Gasteiger partial charge is 0.257 e. The molecule has 0 spiro atoms. The van der Waals surface area contributed by atoms with Gasteiger partial charge in [-0.3, -0.25) is 4.79 Å². The maximum Gasteiger partial charge on any atom is 0.257 e. The van der Waals surface area contributed by atoms with Gasteiger partial charge in [0.05, 0.1) is 28.9 Å². The number of phenolic OH excluding ortho intramolecular Hbond substituents is 1. The Hall–Kier alpha value is -3.29. The summed E-state index contributed by atoms with van der Waals surface area (Å²) in [5.74, 6) is -0.762. The summed E-state index contributed by atoms with van der Waals surface area (Å²) in [6.07, 6.45) is 0. The molecule has 3 aromatic carbocycles. The number of rotatable bonds is 6. The molecule has 0 bridgehead atoms. The molecule has 0 unspecified atom stereocenters. The van der Waals surface area contributed by atoms with Crippen LogP contribution in [0.4, 0.5) is 10.1 Å². The molecule has 0 aliphatic carbocycles. The summed E-state index contributed by atoms with van der Waals surface area (Å²) >= 11 is 6.62. The molecule has 1 heterocycles. The van der Waals surface area contributed by atoms with Crippen molar-refractivity contribution in [1.82, 2.24) is 4.90 Å². The van der Waals surface area contributed by atoms with Crippen LogP contribution in [0.1, 0.15) is 27.5 Å². The van der Waals surface area contributed by atoms with Crippen LogP contribution in [0, 0.1) is 12.7 Å². The highest BCUT2D eigenvalue weighted by Crippen LogP contribution is 2.37. The number of ether oxygens (including phenoxy) is 1. The zero-order chi connectivity index (χ0) is 24.2. The van der Waals surface area contributed by atoms with Gasteiger partial charge in [0.2, 0.25) is 0 Å². The highest BCUT2D eigenvalue weighted by Gasteiger charge is 2.33. The highest BCUT2D eigenvalue weighted by atomic mass is 35.5. The summed E-state index contributed by atoms with van der Waals surface area (Å²) in [5, 5.41) is 19.6. The van der Waals surface area contributed by atoms with Gasteiger partial charge in [0.15, 0.2) is 0 Å². The van der Waals surface area contributed by atoms with E-state index >= 15 is 0 Å². The number of aryl methyl sites for hydroxylation is 1. The minimum Gasteiger partial charge on any atom is -0.507 e. The van der Waals surface area contributed by atoms with Crippen molar-refractivity contribution in [3.63, 3.8) is 0 Å². The van der Waals surface area contributed by atoms with E-state index in [2.05, 4.69) is 4.90 Å². The van der Waals surface area contributed by atoms with Crippen molar-refractivity contribution in [2.24, 2.45) is 0 Å². The molecule has 34 heavy (non-hydrogen) atoms. The Kier molecular flexibility index (Phi) is 7.24. The molecule has 2 N–H and O–H groups in total. The molecule has 1 atom stereocenters. The summed E-state index contributed by atoms with van der Waals surface area (Å²) in [7, 11) is 0. The van der Waals surface area contributed by atoms with Crippen LogP contribution in [0.25, 0.3) is 0 Å². The molecule has 0 aromatic heterocycles. The highest BCUT2D eigenvalue weighted by molar-refractivity contribution is 6.33. The molecule has 1 amide bonds. The van der Waals surface area contributed by atoms with Gasteiger partial charge in [-0.1, -0.05) is 41.4 Å². The molecule has 1 fully saturated rings. The van der Waals surface area contributed by atoms with Crippen LogP contribution in [0.3, 0.4) is 0 Å². The van der Waals surface area contributed by atoms with Gasteiger partial charge in [0, 0.05) is 31.8 Å². The van der Waals surface area contributed by atoms with Crippen LogP contribution in [0.5, 0.6) is 11.5 Å². The summed E-state index contributed by atoms with van der Waals surface area (Å²) in [5.41, 5.74) is 3.02. The SMILES string of the molecule is Cc1ccc([C@@H]2CN(C(=O)c3ccc(F)cc3O)CCN2c2ccc(OCCO)cc2Cl)cc1. The van der Waals surface area contributed by atoms with E-state index in [1.807, 2.05) is 37.3 Å². The van der Waals surface area contributed by atoms with Crippen LogP contribution in [0.15, 0.2) is 60.7 Å². The first kappa shape index (κ1) is 23.9. The van der Waals surface area contributed by atoms with E-state index in [0.717, 1.165) is 22.9 Å². The number of aliphatic hydroxyl groups is 1. The van der Waals surface area contributed by atoms with E-state index in [4.69, 9.17) is 21.4 Å². The zero-order valence-corrected chi connectivity index (χ0v) is 19.5. The first-order valence-corrected chi connectivity index (χ1v) is 11.4. The van der Waals surface area contributed by atoms with Gasteiger partial charge in [-0.25, -0.2) is 4.39 Å². The Bertz CT molecular complexity index is 1170. The predicted octanol–water partition coefficient (Wildman–Crippen LogP) is 4.57. The largest absolute Gasteiger partial charge is 0.507 e. The lowest BCUT2D eigenvalue weighted by Gasteiger charge is -2.43. The normalized spacial score (nSPS) is 15.9. The maximum atomic E-state index is 13.4. The van der Waals surface area contributed by atoms with Crippen LogP contribution in [-0.4, -0.2) is 53.9 Å². The molecule has 1 aliphatic rings. The number of amides is 1. The van der Waals surface area contributed by atoms with E-state index in [9.17, 15) is 14.3 Å². The monoisotopic (exact) mass is 484 g/mol. The number of carbonyl (C=O) groups is 1. The molecule has 1 saturated heterocycles. The first-order valence-electron chi connectivity index (χ1n) is 11.0. The van der Waals surface area contributed by atoms with Gasteiger partial charge < -0.3 is 24.7 Å². The molecule has 3 aromatic rings. The fraction of sp³-hybridized carbons (Fsp3) is 0.269. The van der Waals surface area contributed by atoms with Crippen LogP contribution >= 0.6 is 11.6 Å². The number of aliphatic hydroxyl groups excluding tert-OH is 1. The average molecular weight is 485 g/mol. The van der Waals surface area contributed by atoms with Gasteiger partial charge in [0.25, 0.3) is 5.91 Å². The molecule has 178 valence electrons. The number of phenols is 1. The van der Waals surface area contributed by atoms with E-state index in [-0.39, 0.29) is 36.5 Å². The molecule has 1 aliphatic heterocycles. The minimum atomic E-state index is -0.600. The van der Waals surface area contributed by atoms with Crippen molar-refractivity contribution < 1.29 is 24.1 Å². The van der Waals surface area contributed by atoms with Crippen LogP contribution < -0.4 is 9.64 Å². The summed E-state index contributed by atoms with van der Waals surface area (Å²) in [6.45, 7) is 3.36. The number of hydrogen-bond acceptors (Lipinski definition) is 5. The number of piperazine rings is 1. The number of benzene rings is 3. The van der Waals surface area contributed by atoms with Gasteiger partial charge in [-0.2, -0.15) is 0 Å². The number of hydrogen-bond donors (Lipinski definition) is 2. The number of carbonyl (C=O) groups excluding carboxylic acids is 1. The van der Waals surface area contributed by atoms with E-state index in [1.165, 1.54) is 12.1 Å². The van der Waals surface area contributed by atoms with Crippen molar-refractivity contribution in [3.05, 3.63) is 88.2 Å². The topological polar surface area (TPSA) is 73.2 Å². The van der Waals surface area contributed by atoms with Gasteiger partial charge in [-0.05, 0) is 36.8 Å². The van der Waals surface area contributed by atoms with E-state index < -0.39 is 5.82 Å². The van der Waals surface area contributed by atoms with E-state index in [0.29, 0.717) is 30.4 Å². The van der Waals surface area contributed by atoms with Gasteiger partial charge in [0.1, 0.15) is 23.9 Å². The molecule has 4 rings (SSSR count). The first-order chi connectivity index (χ1) is 16.4. The zero-order valence-electron chi connectivity index (χ0n) is 18.7. The third-order valence-electron chi connectivity index (χ3n) is 5.91. The molecule has 6 nitrogen and oxygen atoms in total. The maximum absolute atomic E-state index is 13.4. The second-order valence-electron chi connectivity index (χ2n) is 8.22. The third-order valence-corrected chi connectivity index (χ3v) is 6.21. The van der Waals surface area contributed by atoms with Crippen molar-refractivity contribution in [1.29, 1.82) is 0 Å². The Morgan fingerprint density at radius 1 is 1.12 bits per heavy atom. The molecule has 0 radical (unpaired) electrons. The Morgan fingerprint density at radius 2 is 1.88 bits per heavy atom. The Morgan fingerprint density at radius 3 is 2.56 bits per heavy atom. The summed E-state index contributed by atoms with van der Waals surface area (Å²) in [6, 6.07) is 16.7. The lowest BCUT2D eigenvalue weighted by molar-refractivity contribution is 0.0719. The van der Waals surface area contributed by atoms with Crippen molar-refractivity contribution in [2.45, 2.75) is 13.0 Å². The van der Waals surface area contributed by atoms with E-state index in [1.54, 1.807) is 17.0 Å². The molecular formula is C26H26ClFN2O4. The fourth-order valence-corrected chi connectivity index (χ4v) is 4.44. The molecule has 0 saturated carbocycles. The Labute approximate surface area is 202 Å². The van der Waals surface area contributed by atoms with Crippen molar-refractivity contribution in [3.8, 4) is 11.5 Å². The van der Waals surface area contributed by atoms with Crippen LogP contribution in [0.2, 0.25) is 5.02 Å². The fourth-order valence-electron chi connectivity index (χ4n) is 4.16. The second-order valence-corrected chi connectivity index (χ2v) is 8.63.